The van der Waals surface area contributed by atoms with Gasteiger partial charge in [0.05, 0.1) is 6.42 Å². The number of rotatable bonds is 4. The van der Waals surface area contributed by atoms with Crippen LogP contribution in [0.2, 0.25) is 0 Å². The first kappa shape index (κ1) is 16.8. The number of hydrogen-bond acceptors (Lipinski definition) is 1. The topological polar surface area (TPSA) is 20.3 Å². The number of nitrogens with zero attached hydrogens (tertiary/aromatic N) is 1. The summed E-state index contributed by atoms with van der Waals surface area (Å²) in [5.41, 5.74) is 1.39. The molecule has 0 aliphatic carbocycles. The minimum absolute atomic E-state index is 0.0491. The van der Waals surface area contributed by atoms with Gasteiger partial charge in [-0.1, -0.05) is 12.1 Å². The molecule has 0 atom stereocenters. The van der Waals surface area contributed by atoms with Gasteiger partial charge in [-0.25, -0.2) is 13.2 Å². The lowest BCUT2D eigenvalue weighted by Gasteiger charge is -2.23. The summed E-state index contributed by atoms with van der Waals surface area (Å²) in [6.07, 6.45) is -0.0491. The van der Waals surface area contributed by atoms with Gasteiger partial charge in [-0.2, -0.15) is 0 Å². The molecule has 0 heterocycles. The van der Waals surface area contributed by atoms with Crippen molar-refractivity contribution in [2.75, 3.05) is 4.90 Å². The molecule has 0 aliphatic rings. The van der Waals surface area contributed by atoms with E-state index in [0.717, 1.165) is 0 Å². The van der Waals surface area contributed by atoms with Gasteiger partial charge in [0, 0.05) is 11.4 Å². The second-order valence-electron chi connectivity index (χ2n) is 5.49. The zero-order valence-electron chi connectivity index (χ0n) is 13.1. The van der Waals surface area contributed by atoms with Crippen LogP contribution in [0.3, 0.4) is 0 Å². The van der Waals surface area contributed by atoms with Crippen molar-refractivity contribution < 1.29 is 18.0 Å². The average molecular weight is 341 g/mol. The van der Waals surface area contributed by atoms with Crippen LogP contribution in [0.4, 0.5) is 24.5 Å². The molecule has 5 heteroatoms. The summed E-state index contributed by atoms with van der Waals surface area (Å²) in [7, 11) is 0. The molecule has 2 nitrogen and oxygen atoms in total. The molecule has 0 radical (unpaired) electrons. The number of halogens is 3. The number of carbonyl (C=O) groups excluding carboxylic acids is 1. The minimum Gasteiger partial charge on any atom is -0.281 e. The number of amides is 1. The smallest absolute Gasteiger partial charge is 0.235 e. The molecule has 126 valence electrons. The standard InChI is InChI=1S/C20H14F3NO/c21-15-4-8-18(9-5-15)24(19-10-6-16(22)7-11-19)20(25)13-14-2-1-3-17(23)12-14/h1-12H,13H2. The summed E-state index contributed by atoms with van der Waals surface area (Å²) in [5, 5.41) is 0. The van der Waals surface area contributed by atoms with E-state index < -0.39 is 17.5 Å². The third kappa shape index (κ3) is 4.07. The highest BCUT2D eigenvalue weighted by atomic mass is 19.1. The van der Waals surface area contributed by atoms with Gasteiger partial charge in [0.15, 0.2) is 0 Å². The van der Waals surface area contributed by atoms with Gasteiger partial charge in [0.1, 0.15) is 17.5 Å². The number of anilines is 2. The maximum Gasteiger partial charge on any atom is 0.235 e. The highest BCUT2D eigenvalue weighted by molar-refractivity contribution is 6.01. The zero-order valence-corrected chi connectivity index (χ0v) is 13.1. The maximum absolute atomic E-state index is 13.3. The van der Waals surface area contributed by atoms with Crippen molar-refractivity contribution in [3.8, 4) is 0 Å². The van der Waals surface area contributed by atoms with Crippen molar-refractivity contribution in [2.45, 2.75) is 6.42 Å². The fourth-order valence-electron chi connectivity index (χ4n) is 2.52. The Balaban J connectivity index is 1.96. The molecule has 0 aromatic heterocycles. The van der Waals surface area contributed by atoms with E-state index in [4.69, 9.17) is 0 Å². The van der Waals surface area contributed by atoms with Gasteiger partial charge in [0.25, 0.3) is 0 Å². The molecule has 0 fully saturated rings. The Hall–Kier alpha value is -3.08. The molecule has 3 aromatic carbocycles. The predicted molar refractivity (Wildman–Crippen MR) is 90.1 cm³/mol. The Kier molecular flexibility index (Phi) is 4.84. The van der Waals surface area contributed by atoms with Crippen LogP contribution >= 0.6 is 0 Å². The summed E-state index contributed by atoms with van der Waals surface area (Å²) in [4.78, 5) is 14.2. The maximum atomic E-state index is 13.3. The molecule has 3 rings (SSSR count). The van der Waals surface area contributed by atoms with Crippen LogP contribution in [0.1, 0.15) is 5.56 Å². The predicted octanol–water partition coefficient (Wildman–Crippen LogP) is 5.01. The van der Waals surface area contributed by atoms with E-state index in [1.54, 1.807) is 6.07 Å². The van der Waals surface area contributed by atoms with E-state index in [-0.39, 0.29) is 12.3 Å². The van der Waals surface area contributed by atoms with Crippen LogP contribution in [0.25, 0.3) is 0 Å². The van der Waals surface area contributed by atoms with E-state index in [2.05, 4.69) is 0 Å². The lowest BCUT2D eigenvalue weighted by Crippen LogP contribution is -2.27. The van der Waals surface area contributed by atoms with E-state index in [1.807, 2.05) is 0 Å². The van der Waals surface area contributed by atoms with Crippen molar-refractivity contribution in [1.82, 2.24) is 0 Å². The van der Waals surface area contributed by atoms with Crippen molar-refractivity contribution >= 4 is 17.3 Å². The Morgan fingerprint density at radius 3 is 1.72 bits per heavy atom. The molecule has 0 saturated heterocycles. The monoisotopic (exact) mass is 341 g/mol. The summed E-state index contributed by atoms with van der Waals surface area (Å²) < 4.78 is 39.8. The van der Waals surface area contributed by atoms with Crippen molar-refractivity contribution in [3.05, 3.63) is 95.8 Å². The van der Waals surface area contributed by atoms with Crippen LogP contribution in [0.15, 0.2) is 72.8 Å². The van der Waals surface area contributed by atoms with Crippen LogP contribution < -0.4 is 4.90 Å². The Morgan fingerprint density at radius 2 is 1.24 bits per heavy atom. The normalized spacial score (nSPS) is 10.5. The minimum atomic E-state index is -0.430. The molecular formula is C20H14F3NO. The Labute approximate surface area is 143 Å². The van der Waals surface area contributed by atoms with Gasteiger partial charge in [0.2, 0.25) is 5.91 Å². The fraction of sp³-hybridized carbons (Fsp3) is 0.0500. The Bertz CT molecular complexity index is 831. The summed E-state index contributed by atoms with van der Waals surface area (Å²) in [5.74, 6) is -1.63. The van der Waals surface area contributed by atoms with Crippen LogP contribution in [-0.2, 0) is 11.2 Å². The first-order valence-electron chi connectivity index (χ1n) is 7.61. The number of hydrogen-bond donors (Lipinski definition) is 0. The van der Waals surface area contributed by atoms with Crippen molar-refractivity contribution in [2.24, 2.45) is 0 Å². The lowest BCUT2D eigenvalue weighted by atomic mass is 10.1. The van der Waals surface area contributed by atoms with Gasteiger partial charge in [-0.05, 0) is 66.2 Å². The molecule has 1 amide bonds. The van der Waals surface area contributed by atoms with Gasteiger partial charge < -0.3 is 0 Å². The average Bonchev–Trinajstić information content (AvgIpc) is 2.58. The molecule has 0 bridgehead atoms. The fourth-order valence-corrected chi connectivity index (χ4v) is 2.52. The van der Waals surface area contributed by atoms with E-state index in [1.165, 1.54) is 71.6 Å². The first-order chi connectivity index (χ1) is 12.0. The van der Waals surface area contributed by atoms with Crippen molar-refractivity contribution in [1.29, 1.82) is 0 Å². The van der Waals surface area contributed by atoms with E-state index in [0.29, 0.717) is 16.9 Å². The summed E-state index contributed by atoms with van der Waals surface area (Å²) in [6, 6.07) is 16.5. The highest BCUT2D eigenvalue weighted by Gasteiger charge is 2.19. The molecule has 25 heavy (non-hydrogen) atoms. The van der Waals surface area contributed by atoms with Crippen LogP contribution in [-0.4, -0.2) is 5.91 Å². The third-order valence-corrected chi connectivity index (χ3v) is 3.66. The van der Waals surface area contributed by atoms with Crippen LogP contribution in [0, 0.1) is 17.5 Å². The number of benzene rings is 3. The summed E-state index contributed by atoms with van der Waals surface area (Å²) in [6.45, 7) is 0. The molecule has 0 spiro atoms. The molecule has 0 unspecified atom stereocenters. The van der Waals surface area contributed by atoms with E-state index in [9.17, 15) is 18.0 Å². The molecule has 0 saturated carbocycles. The van der Waals surface area contributed by atoms with Gasteiger partial charge >= 0.3 is 0 Å². The second kappa shape index (κ2) is 7.21. The highest BCUT2D eigenvalue weighted by Crippen LogP contribution is 2.27. The first-order valence-corrected chi connectivity index (χ1v) is 7.61. The van der Waals surface area contributed by atoms with Crippen molar-refractivity contribution in [3.63, 3.8) is 0 Å². The molecule has 0 aliphatic heterocycles. The van der Waals surface area contributed by atoms with E-state index >= 15 is 0 Å². The third-order valence-electron chi connectivity index (χ3n) is 3.66. The van der Waals surface area contributed by atoms with Gasteiger partial charge in [-0.3, -0.25) is 9.69 Å². The quantitative estimate of drug-likeness (QED) is 0.653. The number of carbonyl (C=O) groups is 1. The molecule has 0 N–H and O–H groups in total. The molecular weight excluding hydrogens is 327 g/mol. The van der Waals surface area contributed by atoms with Gasteiger partial charge in [-0.15, -0.1) is 0 Å². The lowest BCUT2D eigenvalue weighted by molar-refractivity contribution is -0.117. The Morgan fingerprint density at radius 1 is 0.720 bits per heavy atom. The summed E-state index contributed by atoms with van der Waals surface area (Å²) >= 11 is 0. The molecule has 3 aromatic rings. The largest absolute Gasteiger partial charge is 0.281 e. The SMILES string of the molecule is O=C(Cc1cccc(F)c1)N(c1ccc(F)cc1)c1ccc(F)cc1. The zero-order chi connectivity index (χ0) is 17.8. The second-order valence-corrected chi connectivity index (χ2v) is 5.49. The van der Waals surface area contributed by atoms with Crippen LogP contribution in [0.5, 0.6) is 0 Å².